The van der Waals surface area contributed by atoms with E-state index in [9.17, 15) is 17.6 Å². The first-order valence-electron chi connectivity index (χ1n) is 3.91. The van der Waals surface area contributed by atoms with Crippen molar-refractivity contribution in [3.8, 4) is 0 Å². The van der Waals surface area contributed by atoms with Gasteiger partial charge in [0.25, 0.3) is 0 Å². The first-order valence-corrected chi connectivity index (χ1v) is 4.54. The van der Waals surface area contributed by atoms with Crippen LogP contribution in [0, 0.1) is 5.82 Å². The molecule has 0 aliphatic rings. The third-order valence-electron chi connectivity index (χ3n) is 1.69. The maximum Gasteiger partial charge on any atom is 0.416 e. The maximum atomic E-state index is 12.8. The molecule has 0 aliphatic heterocycles. The van der Waals surface area contributed by atoms with E-state index in [1.807, 2.05) is 0 Å². The van der Waals surface area contributed by atoms with Crippen molar-refractivity contribution in [1.29, 1.82) is 0 Å². The second-order valence-electron chi connectivity index (χ2n) is 2.82. The molecule has 0 saturated heterocycles. The Hall–Kier alpha value is -0.710. The fraction of sp³-hybridized carbons (Fsp3) is 0.333. The fourth-order valence-electron chi connectivity index (χ4n) is 1.09. The third kappa shape index (κ3) is 2.90. The number of aryl methyl sites for hydroxylation is 1. The molecule has 0 radical (unpaired) electrons. The lowest BCUT2D eigenvalue weighted by molar-refractivity contribution is -0.137. The quantitative estimate of drug-likeness (QED) is 0.578. The van der Waals surface area contributed by atoms with Crippen LogP contribution in [0.4, 0.5) is 17.6 Å². The van der Waals surface area contributed by atoms with Crippen LogP contribution >= 0.6 is 12.6 Å². The van der Waals surface area contributed by atoms with Crippen molar-refractivity contribution < 1.29 is 17.6 Å². The predicted octanol–water partition coefficient (Wildman–Crippen LogP) is 3.32. The molecule has 5 heteroatoms. The minimum absolute atomic E-state index is 0.312. The van der Waals surface area contributed by atoms with Crippen LogP contribution in [0.1, 0.15) is 11.1 Å². The predicted molar refractivity (Wildman–Crippen MR) is 49.0 cm³/mol. The van der Waals surface area contributed by atoms with Crippen molar-refractivity contribution in [3.63, 3.8) is 0 Å². The van der Waals surface area contributed by atoms with Crippen molar-refractivity contribution in [1.82, 2.24) is 0 Å². The van der Waals surface area contributed by atoms with Gasteiger partial charge in [0.15, 0.2) is 0 Å². The summed E-state index contributed by atoms with van der Waals surface area (Å²) in [6.45, 7) is 0. The highest BCUT2D eigenvalue weighted by Crippen LogP contribution is 2.30. The standard InChI is InChI=1S/C9H8F4S/c10-8-4-6(1-2-14)3-7(5-8)9(11,12)13/h3-5,14H,1-2H2. The van der Waals surface area contributed by atoms with Crippen LogP contribution in [0.15, 0.2) is 18.2 Å². The van der Waals surface area contributed by atoms with Crippen LogP contribution in [-0.2, 0) is 12.6 Å². The normalized spacial score (nSPS) is 11.8. The summed E-state index contributed by atoms with van der Waals surface area (Å²) in [7, 11) is 0. The van der Waals surface area contributed by atoms with Gasteiger partial charge in [-0.2, -0.15) is 25.8 Å². The lowest BCUT2D eigenvalue weighted by atomic mass is 10.1. The second kappa shape index (κ2) is 4.21. The molecule has 0 aromatic heterocycles. The zero-order chi connectivity index (χ0) is 10.8. The molecule has 0 N–H and O–H groups in total. The summed E-state index contributed by atoms with van der Waals surface area (Å²) in [6.07, 6.45) is -4.17. The van der Waals surface area contributed by atoms with Gasteiger partial charge in [0, 0.05) is 0 Å². The van der Waals surface area contributed by atoms with E-state index in [0.717, 1.165) is 12.1 Å². The van der Waals surface area contributed by atoms with E-state index in [1.165, 1.54) is 0 Å². The van der Waals surface area contributed by atoms with Gasteiger partial charge < -0.3 is 0 Å². The minimum Gasteiger partial charge on any atom is -0.207 e. The van der Waals surface area contributed by atoms with Crippen molar-refractivity contribution in [2.24, 2.45) is 0 Å². The summed E-state index contributed by atoms with van der Waals surface area (Å²) in [5.41, 5.74) is -0.637. The molecule has 1 aromatic carbocycles. The van der Waals surface area contributed by atoms with Gasteiger partial charge in [-0.15, -0.1) is 0 Å². The van der Waals surface area contributed by atoms with Gasteiger partial charge in [0.05, 0.1) is 5.56 Å². The van der Waals surface area contributed by atoms with Crippen molar-refractivity contribution >= 4 is 12.6 Å². The summed E-state index contributed by atoms with van der Waals surface area (Å²) in [6, 6.07) is 2.52. The molecule has 1 aromatic rings. The van der Waals surface area contributed by atoms with Crippen molar-refractivity contribution in [3.05, 3.63) is 35.1 Å². The molecule has 0 bridgehead atoms. The second-order valence-corrected chi connectivity index (χ2v) is 3.27. The van der Waals surface area contributed by atoms with E-state index in [4.69, 9.17) is 0 Å². The molecule has 78 valence electrons. The monoisotopic (exact) mass is 224 g/mol. The van der Waals surface area contributed by atoms with E-state index in [1.54, 1.807) is 0 Å². The largest absolute Gasteiger partial charge is 0.416 e. The zero-order valence-electron chi connectivity index (χ0n) is 7.11. The number of alkyl halides is 3. The van der Waals surface area contributed by atoms with Gasteiger partial charge in [-0.1, -0.05) is 0 Å². The van der Waals surface area contributed by atoms with Crippen LogP contribution in [0.5, 0.6) is 0 Å². The Morgan fingerprint density at radius 3 is 2.29 bits per heavy atom. The Morgan fingerprint density at radius 1 is 1.14 bits per heavy atom. The molecule has 14 heavy (non-hydrogen) atoms. The van der Waals surface area contributed by atoms with Crippen LogP contribution in [-0.4, -0.2) is 5.75 Å². The first kappa shape index (κ1) is 11.4. The molecular formula is C9H8F4S. The van der Waals surface area contributed by atoms with Crippen LogP contribution < -0.4 is 0 Å². The lowest BCUT2D eigenvalue weighted by Crippen LogP contribution is -2.06. The maximum absolute atomic E-state index is 12.8. The molecule has 1 rings (SSSR count). The Labute approximate surface area is 84.3 Å². The summed E-state index contributed by atoms with van der Waals surface area (Å²) in [4.78, 5) is 0. The highest BCUT2D eigenvalue weighted by Gasteiger charge is 2.31. The van der Waals surface area contributed by atoms with Crippen LogP contribution in [0.2, 0.25) is 0 Å². The summed E-state index contributed by atoms with van der Waals surface area (Å²) < 4.78 is 49.4. The zero-order valence-corrected chi connectivity index (χ0v) is 8.00. The van der Waals surface area contributed by atoms with Gasteiger partial charge in [0.1, 0.15) is 5.82 Å². The summed E-state index contributed by atoms with van der Waals surface area (Å²) in [5.74, 6) is -0.475. The number of halogens is 4. The molecule has 0 spiro atoms. The van der Waals surface area contributed by atoms with Gasteiger partial charge in [0.2, 0.25) is 0 Å². The van der Waals surface area contributed by atoms with E-state index >= 15 is 0 Å². The topological polar surface area (TPSA) is 0 Å². The molecule has 0 atom stereocenters. The Morgan fingerprint density at radius 2 is 1.79 bits per heavy atom. The van der Waals surface area contributed by atoms with E-state index in [2.05, 4.69) is 12.6 Å². The first-order chi connectivity index (χ1) is 6.43. The van der Waals surface area contributed by atoms with Gasteiger partial charge in [-0.25, -0.2) is 4.39 Å². The highest BCUT2D eigenvalue weighted by molar-refractivity contribution is 7.80. The van der Waals surface area contributed by atoms with Crippen LogP contribution in [0.25, 0.3) is 0 Å². The molecular weight excluding hydrogens is 216 g/mol. The Bertz CT molecular complexity index is 319. The molecule has 0 unspecified atom stereocenters. The molecule has 0 nitrogen and oxygen atoms in total. The average molecular weight is 224 g/mol. The number of hydrogen-bond acceptors (Lipinski definition) is 1. The molecule has 0 saturated carbocycles. The highest BCUT2D eigenvalue weighted by atomic mass is 32.1. The number of hydrogen-bond donors (Lipinski definition) is 1. The fourth-order valence-corrected chi connectivity index (χ4v) is 1.35. The smallest absolute Gasteiger partial charge is 0.207 e. The van der Waals surface area contributed by atoms with Gasteiger partial charge >= 0.3 is 6.18 Å². The number of rotatable bonds is 2. The average Bonchev–Trinajstić information content (AvgIpc) is 2.02. The minimum atomic E-state index is -4.49. The van der Waals surface area contributed by atoms with Crippen molar-refractivity contribution in [2.45, 2.75) is 12.6 Å². The van der Waals surface area contributed by atoms with E-state index in [0.29, 0.717) is 23.8 Å². The van der Waals surface area contributed by atoms with E-state index in [-0.39, 0.29) is 0 Å². The number of thiol groups is 1. The van der Waals surface area contributed by atoms with Crippen LogP contribution in [0.3, 0.4) is 0 Å². The Balaban J connectivity index is 3.07. The summed E-state index contributed by atoms with van der Waals surface area (Å²) >= 11 is 3.87. The lowest BCUT2D eigenvalue weighted by Gasteiger charge is -2.08. The number of benzene rings is 1. The Kier molecular flexibility index (Phi) is 3.42. The molecule has 0 aliphatic carbocycles. The molecule has 0 amide bonds. The summed E-state index contributed by atoms with van der Waals surface area (Å²) in [5, 5.41) is 0. The van der Waals surface area contributed by atoms with Gasteiger partial charge in [-0.3, -0.25) is 0 Å². The molecule has 0 fully saturated rings. The molecule has 0 heterocycles. The van der Waals surface area contributed by atoms with Gasteiger partial charge in [-0.05, 0) is 35.9 Å². The third-order valence-corrected chi connectivity index (χ3v) is 1.91. The van der Waals surface area contributed by atoms with E-state index < -0.39 is 17.6 Å². The SMILES string of the molecule is Fc1cc(CCS)cc(C(F)(F)F)c1. The van der Waals surface area contributed by atoms with Crippen molar-refractivity contribution in [2.75, 3.05) is 5.75 Å².